The Morgan fingerprint density at radius 3 is 1.70 bits per heavy atom. The number of carboxylic acids is 1. The van der Waals surface area contributed by atoms with E-state index in [0.29, 0.717) is 51.9 Å². The molecule has 3 amide bonds. The number of hydrogen-bond donors (Lipinski definition) is 4. The minimum Gasteiger partial charge on any atom is -0.481 e. The van der Waals surface area contributed by atoms with Crippen LogP contribution in [0.2, 0.25) is 0 Å². The van der Waals surface area contributed by atoms with Gasteiger partial charge in [-0.2, -0.15) is 0 Å². The maximum absolute atomic E-state index is 12.2. The lowest BCUT2D eigenvalue weighted by molar-refractivity contribution is -0.266. The van der Waals surface area contributed by atoms with Gasteiger partial charge in [0.05, 0.1) is 13.2 Å². The molecule has 0 radical (unpaired) electrons. The molecule has 4 unspecified atom stereocenters. The Labute approximate surface area is 318 Å². The van der Waals surface area contributed by atoms with Gasteiger partial charge in [-0.3, -0.25) is 33.6 Å². The van der Waals surface area contributed by atoms with Crippen LogP contribution in [0.25, 0.3) is 0 Å². The summed E-state index contributed by atoms with van der Waals surface area (Å²) in [4.78, 5) is 81.3. The number of hydrogen-bond acceptors (Lipinski definition) is 13. The monoisotopic (exact) mass is 773 g/mol. The molecular formula is C37H63N3O14. The molecule has 17 heteroatoms. The standard InChI is InChI=1S/C37H63N3O14/c1-27(41)51-26-31-37(53-29(3)43)30(52-28(2)42)25-36(54-31)50-22-13-12-16-32(44)38-19-14-20-39-34(46)18-23-49-24-21-40-33(45)15-10-8-6-4-5-7-9-11-17-35(47)48/h30-31,36-37H,4-26H2,1-3H3,(H,38,44)(H,39,46)(H,40,45)(H,47,48). The zero-order chi connectivity index (χ0) is 40.0. The summed E-state index contributed by atoms with van der Waals surface area (Å²) >= 11 is 0. The number of carboxylic acid groups (broad SMARTS) is 1. The van der Waals surface area contributed by atoms with Crippen LogP contribution in [0.1, 0.15) is 124 Å². The summed E-state index contributed by atoms with van der Waals surface area (Å²) in [5, 5.41) is 17.0. The summed E-state index contributed by atoms with van der Waals surface area (Å²) in [7, 11) is 0. The van der Waals surface area contributed by atoms with Crippen LogP contribution < -0.4 is 16.0 Å². The van der Waals surface area contributed by atoms with Gasteiger partial charge in [0.2, 0.25) is 17.7 Å². The SMILES string of the molecule is CC(=O)OCC1OC(OCCCCC(=O)NCCCNC(=O)CCOCCNC(=O)CCCCCCCCCCC(=O)O)CC(OC(C)=O)C1OC(C)=O. The highest BCUT2D eigenvalue weighted by Crippen LogP contribution is 2.27. The summed E-state index contributed by atoms with van der Waals surface area (Å²) in [6.45, 7) is 5.44. The summed E-state index contributed by atoms with van der Waals surface area (Å²) in [6, 6.07) is 0. The molecule has 0 aliphatic carbocycles. The van der Waals surface area contributed by atoms with Crippen LogP contribution in [0.3, 0.4) is 0 Å². The molecule has 4 atom stereocenters. The lowest BCUT2D eigenvalue weighted by Gasteiger charge is -2.39. The van der Waals surface area contributed by atoms with Gasteiger partial charge in [0.15, 0.2) is 12.4 Å². The number of amides is 3. The molecule has 1 saturated heterocycles. The molecule has 0 aromatic carbocycles. The fraction of sp³-hybridized carbons (Fsp3) is 0.811. The second-order valence-corrected chi connectivity index (χ2v) is 13.2. The predicted molar refractivity (Wildman–Crippen MR) is 194 cm³/mol. The second-order valence-electron chi connectivity index (χ2n) is 13.2. The molecule has 0 aromatic heterocycles. The third-order valence-corrected chi connectivity index (χ3v) is 8.24. The molecule has 310 valence electrons. The molecule has 17 nitrogen and oxygen atoms in total. The molecule has 0 spiro atoms. The molecule has 1 heterocycles. The molecule has 0 aromatic rings. The van der Waals surface area contributed by atoms with Crippen LogP contribution in [-0.2, 0) is 62.0 Å². The predicted octanol–water partition coefficient (Wildman–Crippen LogP) is 2.85. The van der Waals surface area contributed by atoms with E-state index in [0.717, 1.165) is 51.4 Å². The Morgan fingerprint density at radius 2 is 1.13 bits per heavy atom. The number of unbranched alkanes of at least 4 members (excludes halogenated alkanes) is 8. The highest BCUT2D eigenvalue weighted by Gasteiger charge is 2.44. The van der Waals surface area contributed by atoms with Crippen molar-refractivity contribution in [3.8, 4) is 0 Å². The molecule has 1 rings (SSSR count). The van der Waals surface area contributed by atoms with Crippen molar-refractivity contribution in [2.45, 2.75) is 148 Å². The summed E-state index contributed by atoms with van der Waals surface area (Å²) < 4.78 is 32.8. The van der Waals surface area contributed by atoms with E-state index < -0.39 is 48.5 Å². The number of esters is 3. The van der Waals surface area contributed by atoms with E-state index in [-0.39, 0.29) is 63.2 Å². The van der Waals surface area contributed by atoms with Crippen molar-refractivity contribution < 1.29 is 67.1 Å². The molecule has 4 N–H and O–H groups in total. The van der Waals surface area contributed by atoms with E-state index in [1.54, 1.807) is 0 Å². The summed E-state index contributed by atoms with van der Waals surface area (Å²) in [5.74, 6) is -2.78. The van der Waals surface area contributed by atoms with E-state index in [9.17, 15) is 33.6 Å². The van der Waals surface area contributed by atoms with E-state index in [1.165, 1.54) is 20.8 Å². The molecule has 0 saturated carbocycles. The number of carbonyl (C=O) groups is 7. The van der Waals surface area contributed by atoms with Crippen LogP contribution in [0.4, 0.5) is 0 Å². The van der Waals surface area contributed by atoms with E-state index in [2.05, 4.69) is 16.0 Å². The summed E-state index contributed by atoms with van der Waals surface area (Å²) in [5.41, 5.74) is 0. The van der Waals surface area contributed by atoms with Gasteiger partial charge in [-0.15, -0.1) is 0 Å². The topological polar surface area (TPSA) is 231 Å². The highest BCUT2D eigenvalue weighted by atomic mass is 16.7. The highest BCUT2D eigenvalue weighted by molar-refractivity contribution is 5.76. The van der Waals surface area contributed by atoms with Crippen LogP contribution >= 0.6 is 0 Å². The first-order chi connectivity index (χ1) is 25.9. The van der Waals surface area contributed by atoms with Gasteiger partial charge in [0, 0.05) is 79.1 Å². The average Bonchev–Trinajstić information content (AvgIpc) is 3.09. The third-order valence-electron chi connectivity index (χ3n) is 8.24. The fourth-order valence-electron chi connectivity index (χ4n) is 5.57. The van der Waals surface area contributed by atoms with Crippen molar-refractivity contribution in [2.24, 2.45) is 0 Å². The maximum Gasteiger partial charge on any atom is 0.303 e. The molecular weight excluding hydrogens is 710 g/mol. The first-order valence-electron chi connectivity index (χ1n) is 19.2. The van der Waals surface area contributed by atoms with Gasteiger partial charge in [0.25, 0.3) is 0 Å². The van der Waals surface area contributed by atoms with Crippen LogP contribution in [0.15, 0.2) is 0 Å². The van der Waals surface area contributed by atoms with Crippen molar-refractivity contribution in [1.29, 1.82) is 0 Å². The number of nitrogens with one attached hydrogen (secondary N) is 3. The maximum atomic E-state index is 12.2. The zero-order valence-electron chi connectivity index (χ0n) is 32.3. The molecule has 1 fully saturated rings. The van der Waals surface area contributed by atoms with Gasteiger partial charge in [-0.25, -0.2) is 0 Å². The van der Waals surface area contributed by atoms with E-state index in [4.69, 9.17) is 33.5 Å². The quantitative estimate of drug-likeness (QED) is 0.0451. The lowest BCUT2D eigenvalue weighted by atomic mass is 10.0. The van der Waals surface area contributed by atoms with Gasteiger partial charge in [0.1, 0.15) is 18.8 Å². The van der Waals surface area contributed by atoms with Crippen molar-refractivity contribution >= 4 is 41.6 Å². The van der Waals surface area contributed by atoms with Crippen molar-refractivity contribution in [3.63, 3.8) is 0 Å². The Morgan fingerprint density at radius 1 is 0.593 bits per heavy atom. The average molecular weight is 774 g/mol. The van der Waals surface area contributed by atoms with E-state index >= 15 is 0 Å². The normalized spacial score (nSPS) is 17.9. The van der Waals surface area contributed by atoms with Crippen LogP contribution in [0, 0.1) is 0 Å². The minimum atomic E-state index is -0.978. The van der Waals surface area contributed by atoms with Crippen LogP contribution in [0.5, 0.6) is 0 Å². The Kier molecular flexibility index (Phi) is 27.2. The first kappa shape index (κ1) is 48.2. The van der Waals surface area contributed by atoms with Crippen molar-refractivity contribution in [3.05, 3.63) is 0 Å². The second kappa shape index (κ2) is 30.5. The smallest absolute Gasteiger partial charge is 0.303 e. The van der Waals surface area contributed by atoms with Gasteiger partial charge >= 0.3 is 23.9 Å². The summed E-state index contributed by atoms with van der Waals surface area (Å²) in [6.07, 6.45) is 7.17. The number of ether oxygens (including phenoxy) is 6. The Balaban J connectivity index is 2.05. The van der Waals surface area contributed by atoms with E-state index in [1.807, 2.05) is 0 Å². The van der Waals surface area contributed by atoms with Crippen molar-refractivity contribution in [2.75, 3.05) is 46.1 Å². The molecule has 1 aliphatic rings. The largest absolute Gasteiger partial charge is 0.481 e. The van der Waals surface area contributed by atoms with Gasteiger partial charge in [-0.05, 0) is 32.1 Å². The molecule has 1 aliphatic heterocycles. The van der Waals surface area contributed by atoms with Gasteiger partial charge < -0.3 is 49.5 Å². The molecule has 54 heavy (non-hydrogen) atoms. The fourth-order valence-corrected chi connectivity index (χ4v) is 5.57. The lowest BCUT2D eigenvalue weighted by Crippen LogP contribution is -2.54. The minimum absolute atomic E-state index is 0.0150. The Bertz CT molecular complexity index is 1140. The number of aliphatic carboxylic acids is 1. The third kappa shape index (κ3) is 26.9. The van der Waals surface area contributed by atoms with Crippen molar-refractivity contribution in [1.82, 2.24) is 16.0 Å². The number of carbonyl (C=O) groups excluding carboxylic acids is 6. The Hall–Kier alpha value is -3.83. The van der Waals surface area contributed by atoms with Gasteiger partial charge in [-0.1, -0.05) is 38.5 Å². The molecule has 0 bridgehead atoms. The first-order valence-corrected chi connectivity index (χ1v) is 19.2. The van der Waals surface area contributed by atoms with Crippen LogP contribution in [-0.4, -0.2) is 117 Å². The zero-order valence-corrected chi connectivity index (χ0v) is 32.3. The number of rotatable bonds is 31.